The smallest absolute Gasteiger partial charge is 0.269 e. The maximum Gasteiger partial charge on any atom is 0.269 e. The molecular formula is C16H21N5O2. The maximum absolute atomic E-state index is 11.9. The molecule has 0 saturated heterocycles. The molecule has 3 N–H and O–H groups in total. The third kappa shape index (κ3) is 4.91. The minimum Gasteiger partial charge on any atom is -0.350 e. The molecule has 0 radical (unpaired) electrons. The molecule has 0 fully saturated rings. The minimum atomic E-state index is -0.273. The molecule has 7 nitrogen and oxygen atoms in total. The summed E-state index contributed by atoms with van der Waals surface area (Å²) in [6.07, 6.45) is 3.36. The fraction of sp³-hybridized carbons (Fsp3) is 0.375. The first-order chi connectivity index (χ1) is 11.0. The number of carbonyl (C=O) groups is 2. The molecule has 2 aromatic rings. The zero-order valence-electron chi connectivity index (χ0n) is 13.5. The second-order valence-corrected chi connectivity index (χ2v) is 5.61. The minimum absolute atomic E-state index is 0.173. The van der Waals surface area contributed by atoms with Crippen LogP contribution in [-0.2, 0) is 4.79 Å². The lowest BCUT2D eigenvalue weighted by Crippen LogP contribution is -2.28. The van der Waals surface area contributed by atoms with Crippen LogP contribution in [0.25, 0.3) is 0 Å². The summed E-state index contributed by atoms with van der Waals surface area (Å²) in [6, 6.07) is 3.61. The summed E-state index contributed by atoms with van der Waals surface area (Å²) < 4.78 is 0. The van der Waals surface area contributed by atoms with Crippen molar-refractivity contribution in [1.29, 1.82) is 0 Å². The Morgan fingerprint density at radius 3 is 2.61 bits per heavy atom. The van der Waals surface area contributed by atoms with Crippen molar-refractivity contribution in [3.8, 4) is 0 Å². The Balaban J connectivity index is 1.76. The van der Waals surface area contributed by atoms with Crippen molar-refractivity contribution < 1.29 is 9.59 Å². The normalized spacial score (nSPS) is 10.6. The van der Waals surface area contributed by atoms with Crippen LogP contribution in [0.4, 0.5) is 5.82 Å². The average Bonchev–Trinajstić information content (AvgIpc) is 3.00. The Bertz CT molecular complexity index is 676. The number of amides is 2. The van der Waals surface area contributed by atoms with Gasteiger partial charge in [-0.05, 0) is 18.6 Å². The highest BCUT2D eigenvalue weighted by molar-refractivity contribution is 5.93. The van der Waals surface area contributed by atoms with E-state index in [-0.39, 0.29) is 30.7 Å². The summed E-state index contributed by atoms with van der Waals surface area (Å²) in [5.74, 6) is 1.02. The molecule has 0 bridgehead atoms. The van der Waals surface area contributed by atoms with Crippen molar-refractivity contribution in [1.82, 2.24) is 20.3 Å². The van der Waals surface area contributed by atoms with Crippen LogP contribution in [-0.4, -0.2) is 33.3 Å². The maximum atomic E-state index is 11.9. The van der Waals surface area contributed by atoms with Gasteiger partial charge in [-0.3, -0.25) is 9.59 Å². The summed E-state index contributed by atoms with van der Waals surface area (Å²) in [5, 5.41) is 5.37. The lowest BCUT2D eigenvalue weighted by molar-refractivity contribution is -0.116. The number of aryl methyl sites for hydroxylation is 1. The molecule has 2 rings (SSSR count). The number of hydrogen-bond acceptors (Lipinski definition) is 4. The number of H-pyrrole nitrogens is 1. The fourth-order valence-corrected chi connectivity index (χ4v) is 1.88. The summed E-state index contributed by atoms with van der Waals surface area (Å²) in [4.78, 5) is 34.9. The van der Waals surface area contributed by atoms with Crippen LogP contribution in [0.5, 0.6) is 0 Å². The Labute approximate surface area is 134 Å². The number of rotatable bonds is 6. The lowest BCUT2D eigenvalue weighted by Gasteiger charge is -2.06. The first-order valence-corrected chi connectivity index (χ1v) is 7.51. The van der Waals surface area contributed by atoms with Crippen LogP contribution in [0, 0.1) is 6.92 Å². The van der Waals surface area contributed by atoms with Crippen molar-refractivity contribution in [2.24, 2.45) is 0 Å². The molecule has 0 aliphatic carbocycles. The Kier molecular flexibility index (Phi) is 5.46. The van der Waals surface area contributed by atoms with Gasteiger partial charge in [-0.15, -0.1) is 0 Å². The molecule has 0 aliphatic heterocycles. The Morgan fingerprint density at radius 1 is 1.22 bits per heavy atom. The van der Waals surface area contributed by atoms with Crippen LogP contribution >= 0.6 is 0 Å². The topological polar surface area (TPSA) is 99.8 Å². The fourth-order valence-electron chi connectivity index (χ4n) is 1.88. The van der Waals surface area contributed by atoms with E-state index in [0.717, 1.165) is 11.4 Å². The first-order valence-electron chi connectivity index (χ1n) is 7.51. The van der Waals surface area contributed by atoms with E-state index in [1.54, 1.807) is 12.3 Å². The predicted molar refractivity (Wildman–Crippen MR) is 87.2 cm³/mol. The van der Waals surface area contributed by atoms with E-state index < -0.39 is 0 Å². The second kappa shape index (κ2) is 7.53. The largest absolute Gasteiger partial charge is 0.350 e. The molecule has 7 heteroatoms. The van der Waals surface area contributed by atoms with E-state index in [4.69, 9.17) is 0 Å². The molecule has 23 heavy (non-hydrogen) atoms. The van der Waals surface area contributed by atoms with Gasteiger partial charge in [0.15, 0.2) is 0 Å². The molecule has 0 spiro atoms. The highest BCUT2D eigenvalue weighted by atomic mass is 16.2. The third-order valence-electron chi connectivity index (χ3n) is 3.20. The predicted octanol–water partition coefficient (Wildman–Crippen LogP) is 2.00. The van der Waals surface area contributed by atoms with Gasteiger partial charge in [0.2, 0.25) is 5.91 Å². The standard InChI is InChI=1S/C16H21N5O2/c1-10(2)15-19-9-12(20-15)16(23)17-7-6-14(22)21-13-5-4-11(3)8-18-13/h4-5,8-10H,6-7H2,1-3H3,(H,17,23)(H,19,20)(H,18,21,22). The van der Waals surface area contributed by atoms with E-state index in [0.29, 0.717) is 11.5 Å². The molecule has 122 valence electrons. The van der Waals surface area contributed by atoms with Crippen LogP contribution < -0.4 is 10.6 Å². The van der Waals surface area contributed by atoms with E-state index in [1.807, 2.05) is 26.8 Å². The van der Waals surface area contributed by atoms with Gasteiger partial charge in [-0.25, -0.2) is 9.97 Å². The molecule has 2 amide bonds. The Hall–Kier alpha value is -2.70. The molecule has 0 aliphatic rings. The van der Waals surface area contributed by atoms with Gasteiger partial charge >= 0.3 is 0 Å². The van der Waals surface area contributed by atoms with Crippen LogP contribution in [0.2, 0.25) is 0 Å². The van der Waals surface area contributed by atoms with Gasteiger partial charge in [0.05, 0.1) is 6.20 Å². The van der Waals surface area contributed by atoms with Gasteiger partial charge in [-0.2, -0.15) is 0 Å². The molecule has 0 atom stereocenters. The van der Waals surface area contributed by atoms with E-state index in [9.17, 15) is 9.59 Å². The summed E-state index contributed by atoms with van der Waals surface area (Å²) in [6.45, 7) is 6.15. The zero-order valence-corrected chi connectivity index (χ0v) is 13.5. The first kappa shape index (κ1) is 16.7. The summed E-state index contributed by atoms with van der Waals surface area (Å²) in [7, 11) is 0. The van der Waals surface area contributed by atoms with Crippen molar-refractivity contribution in [3.05, 3.63) is 41.6 Å². The number of carbonyl (C=O) groups excluding carboxylic acids is 2. The second-order valence-electron chi connectivity index (χ2n) is 5.61. The average molecular weight is 315 g/mol. The van der Waals surface area contributed by atoms with Gasteiger partial charge in [0, 0.05) is 25.1 Å². The molecular weight excluding hydrogens is 294 g/mol. The highest BCUT2D eigenvalue weighted by Gasteiger charge is 2.11. The van der Waals surface area contributed by atoms with Crippen LogP contribution in [0.15, 0.2) is 24.5 Å². The molecule has 2 aromatic heterocycles. The van der Waals surface area contributed by atoms with E-state index in [1.165, 1.54) is 6.20 Å². The van der Waals surface area contributed by atoms with Crippen molar-refractivity contribution in [2.45, 2.75) is 33.1 Å². The lowest BCUT2D eigenvalue weighted by atomic mass is 10.2. The molecule has 0 unspecified atom stereocenters. The molecule has 0 saturated carbocycles. The number of pyridine rings is 1. The highest BCUT2D eigenvalue weighted by Crippen LogP contribution is 2.09. The van der Waals surface area contributed by atoms with Crippen molar-refractivity contribution in [3.63, 3.8) is 0 Å². The van der Waals surface area contributed by atoms with Crippen LogP contribution in [0.1, 0.15) is 48.1 Å². The molecule has 0 aromatic carbocycles. The van der Waals surface area contributed by atoms with Crippen LogP contribution in [0.3, 0.4) is 0 Å². The van der Waals surface area contributed by atoms with E-state index >= 15 is 0 Å². The van der Waals surface area contributed by atoms with Gasteiger partial charge < -0.3 is 15.6 Å². The Morgan fingerprint density at radius 2 is 2.00 bits per heavy atom. The number of nitrogens with zero attached hydrogens (tertiary/aromatic N) is 2. The summed E-state index contributed by atoms with van der Waals surface area (Å²) in [5.41, 5.74) is 1.42. The third-order valence-corrected chi connectivity index (χ3v) is 3.20. The number of aromatic nitrogens is 3. The van der Waals surface area contributed by atoms with Gasteiger partial charge in [0.1, 0.15) is 17.3 Å². The quantitative estimate of drug-likeness (QED) is 0.759. The molecule has 2 heterocycles. The number of hydrogen-bond donors (Lipinski definition) is 3. The number of anilines is 1. The number of nitrogens with one attached hydrogen (secondary N) is 3. The number of imidazole rings is 1. The van der Waals surface area contributed by atoms with Crippen molar-refractivity contribution in [2.75, 3.05) is 11.9 Å². The van der Waals surface area contributed by atoms with Crippen molar-refractivity contribution >= 4 is 17.6 Å². The SMILES string of the molecule is Cc1ccc(NC(=O)CCNC(=O)c2cnc(C(C)C)[nH]2)nc1. The van der Waals surface area contributed by atoms with Gasteiger partial charge in [-0.1, -0.05) is 19.9 Å². The number of aromatic amines is 1. The zero-order chi connectivity index (χ0) is 16.8. The van der Waals surface area contributed by atoms with Gasteiger partial charge in [0.25, 0.3) is 5.91 Å². The summed E-state index contributed by atoms with van der Waals surface area (Å²) >= 11 is 0. The monoisotopic (exact) mass is 315 g/mol. The van der Waals surface area contributed by atoms with E-state index in [2.05, 4.69) is 25.6 Å².